The number of aryl methyl sites for hydroxylation is 4. The first kappa shape index (κ1) is 17.4. The molecule has 5 aromatic carbocycles. The number of amides is 2. The van der Waals surface area contributed by atoms with Crippen LogP contribution < -0.4 is 0 Å². The summed E-state index contributed by atoms with van der Waals surface area (Å²) in [4.78, 5) is 27.3. The minimum Gasteiger partial charge on any atom is -0.277 e. The summed E-state index contributed by atoms with van der Waals surface area (Å²) in [5.74, 6) is -0.442. The molecule has 30 heavy (non-hydrogen) atoms. The number of hydrogen-bond donors (Lipinski definition) is 0. The molecule has 0 radical (unpaired) electrons. The fourth-order valence-corrected chi connectivity index (χ4v) is 5.60. The van der Waals surface area contributed by atoms with Crippen LogP contribution in [0.25, 0.3) is 43.1 Å². The maximum atomic E-state index is 13.0. The Balaban J connectivity index is 2.06. The van der Waals surface area contributed by atoms with Crippen LogP contribution in [-0.2, 0) is 0 Å². The second kappa shape index (κ2) is 5.37. The molecule has 0 unspecified atom stereocenters. The maximum Gasteiger partial charge on any atom is 0.261 e. The molecule has 0 spiro atoms. The third kappa shape index (κ3) is 1.90. The maximum absolute atomic E-state index is 13.0. The number of rotatable bonds is 0. The summed E-state index contributed by atoms with van der Waals surface area (Å²) in [6, 6.07) is 12.9. The average Bonchev–Trinajstić information content (AvgIpc) is 2.68. The van der Waals surface area contributed by atoms with Crippen LogP contribution in [0, 0.1) is 27.7 Å². The monoisotopic (exact) mass is 391 g/mol. The minimum absolute atomic E-state index is 0.221. The van der Waals surface area contributed by atoms with Gasteiger partial charge in [0.05, 0.1) is 0 Å². The van der Waals surface area contributed by atoms with E-state index in [0.717, 1.165) is 32.7 Å². The minimum atomic E-state index is -0.221. The highest BCUT2D eigenvalue weighted by Gasteiger charge is 2.33. The lowest BCUT2D eigenvalue weighted by Gasteiger charge is -2.27. The van der Waals surface area contributed by atoms with Gasteiger partial charge in [-0.15, -0.1) is 0 Å². The molecule has 3 nitrogen and oxygen atoms in total. The Hall–Kier alpha value is -3.46. The van der Waals surface area contributed by atoms with Crippen LogP contribution in [0.4, 0.5) is 0 Å². The average molecular weight is 391 g/mol. The SMILES string of the molecule is Cc1cc2cc(C)cc3c4c(C)cc5c6c(cc(C)c(c(c1)c23)c64)C(=O)N(C)C5=O. The van der Waals surface area contributed by atoms with Crippen LogP contribution in [-0.4, -0.2) is 23.8 Å². The van der Waals surface area contributed by atoms with Crippen molar-refractivity contribution in [2.45, 2.75) is 27.7 Å². The van der Waals surface area contributed by atoms with Crippen molar-refractivity contribution in [2.24, 2.45) is 0 Å². The first-order valence-electron chi connectivity index (χ1n) is 10.3. The fraction of sp³-hybridized carbons (Fsp3) is 0.185. The summed E-state index contributed by atoms with van der Waals surface area (Å²) in [5, 5.41) is 9.08. The van der Waals surface area contributed by atoms with Crippen molar-refractivity contribution in [3.8, 4) is 0 Å². The number of carbonyl (C=O) groups excluding carboxylic acids is 2. The Morgan fingerprint density at radius 2 is 1.03 bits per heavy atom. The van der Waals surface area contributed by atoms with Crippen molar-refractivity contribution in [1.29, 1.82) is 0 Å². The van der Waals surface area contributed by atoms with Crippen molar-refractivity contribution in [2.75, 3.05) is 7.05 Å². The number of benzene rings is 5. The molecule has 5 aromatic rings. The lowest BCUT2D eigenvalue weighted by molar-refractivity contribution is 0.0650. The van der Waals surface area contributed by atoms with E-state index < -0.39 is 0 Å². The standard InChI is InChI=1S/C27H21NO2/c1-12-6-16-7-13(2)9-18-22-15(4)11-20-24-19(26(29)28(5)27(20)30)10-14(3)21(25(22)24)17(8-12)23(16)18/h6-11H,1-5H3. The predicted octanol–water partition coefficient (Wildman–Crippen LogP) is 6.20. The van der Waals surface area contributed by atoms with Crippen LogP contribution in [0.5, 0.6) is 0 Å². The zero-order valence-electron chi connectivity index (χ0n) is 17.7. The van der Waals surface area contributed by atoms with E-state index >= 15 is 0 Å². The van der Waals surface area contributed by atoms with Gasteiger partial charge in [0.25, 0.3) is 11.8 Å². The summed E-state index contributed by atoms with van der Waals surface area (Å²) in [6.07, 6.45) is 0. The largest absolute Gasteiger partial charge is 0.277 e. The number of fused-ring (bicyclic) bond motifs is 2. The van der Waals surface area contributed by atoms with Crippen molar-refractivity contribution in [3.05, 3.63) is 69.8 Å². The summed E-state index contributed by atoms with van der Waals surface area (Å²) in [6.45, 7) is 8.41. The van der Waals surface area contributed by atoms with E-state index in [1.807, 2.05) is 12.1 Å². The van der Waals surface area contributed by atoms with Gasteiger partial charge < -0.3 is 0 Å². The molecule has 2 amide bonds. The van der Waals surface area contributed by atoms with Crippen LogP contribution in [0.15, 0.2) is 36.4 Å². The summed E-state index contributed by atoms with van der Waals surface area (Å²) < 4.78 is 0. The Kier molecular flexibility index (Phi) is 3.11. The third-order valence-corrected chi connectivity index (χ3v) is 6.75. The molecule has 0 N–H and O–H groups in total. The first-order valence-corrected chi connectivity index (χ1v) is 10.3. The number of nitrogens with zero attached hydrogens (tertiary/aromatic N) is 1. The molecule has 0 bridgehead atoms. The summed E-state index contributed by atoms with van der Waals surface area (Å²) in [7, 11) is 1.57. The normalized spacial score (nSPS) is 14.2. The van der Waals surface area contributed by atoms with Crippen molar-refractivity contribution in [1.82, 2.24) is 4.90 Å². The van der Waals surface area contributed by atoms with Gasteiger partial charge in [-0.25, -0.2) is 0 Å². The van der Waals surface area contributed by atoms with E-state index in [-0.39, 0.29) is 11.8 Å². The molecule has 0 aromatic heterocycles. The fourth-order valence-electron chi connectivity index (χ4n) is 5.60. The molecule has 1 aliphatic heterocycles. The molecule has 0 saturated carbocycles. The van der Waals surface area contributed by atoms with E-state index in [1.54, 1.807) is 7.05 Å². The summed E-state index contributed by atoms with van der Waals surface area (Å²) >= 11 is 0. The zero-order valence-corrected chi connectivity index (χ0v) is 17.7. The number of hydrogen-bond acceptors (Lipinski definition) is 2. The lowest BCUT2D eigenvalue weighted by Crippen LogP contribution is -2.37. The van der Waals surface area contributed by atoms with Gasteiger partial charge >= 0.3 is 0 Å². The molecule has 1 heterocycles. The van der Waals surface area contributed by atoms with E-state index in [1.165, 1.54) is 37.6 Å². The van der Waals surface area contributed by atoms with Gasteiger partial charge in [0.15, 0.2) is 0 Å². The predicted molar refractivity (Wildman–Crippen MR) is 123 cm³/mol. The Bertz CT molecular complexity index is 1510. The lowest BCUT2D eigenvalue weighted by atomic mass is 9.81. The number of imide groups is 1. The molecule has 146 valence electrons. The van der Waals surface area contributed by atoms with Gasteiger partial charge in [0.1, 0.15) is 0 Å². The van der Waals surface area contributed by atoms with Crippen LogP contribution in [0.1, 0.15) is 43.0 Å². The first-order chi connectivity index (χ1) is 14.3. The molecule has 6 rings (SSSR count). The van der Waals surface area contributed by atoms with E-state index in [4.69, 9.17) is 0 Å². The van der Waals surface area contributed by atoms with Crippen LogP contribution in [0.3, 0.4) is 0 Å². The quantitative estimate of drug-likeness (QED) is 0.179. The molecule has 0 fully saturated rings. The van der Waals surface area contributed by atoms with E-state index in [0.29, 0.717) is 11.1 Å². The van der Waals surface area contributed by atoms with Gasteiger partial charge in [0.2, 0.25) is 0 Å². The zero-order chi connectivity index (χ0) is 21.1. The highest BCUT2D eigenvalue weighted by atomic mass is 16.2. The van der Waals surface area contributed by atoms with Gasteiger partial charge in [-0.2, -0.15) is 0 Å². The highest BCUT2D eigenvalue weighted by Crippen LogP contribution is 2.46. The van der Waals surface area contributed by atoms with Gasteiger partial charge in [-0.3, -0.25) is 14.5 Å². The van der Waals surface area contributed by atoms with Crippen molar-refractivity contribution >= 4 is 54.9 Å². The Labute approximate surface area is 174 Å². The molecule has 0 atom stereocenters. The Morgan fingerprint density at radius 3 is 1.50 bits per heavy atom. The van der Waals surface area contributed by atoms with E-state index in [2.05, 4.69) is 52.0 Å². The second-order valence-electron chi connectivity index (χ2n) is 8.87. The Morgan fingerprint density at radius 1 is 0.567 bits per heavy atom. The molecular weight excluding hydrogens is 370 g/mol. The topological polar surface area (TPSA) is 37.4 Å². The molecule has 0 saturated heterocycles. The molecule has 1 aliphatic rings. The molecule has 0 aliphatic carbocycles. The van der Waals surface area contributed by atoms with Gasteiger partial charge in [0, 0.05) is 23.6 Å². The summed E-state index contributed by atoms with van der Waals surface area (Å²) in [5.41, 5.74) is 5.82. The van der Waals surface area contributed by atoms with Crippen molar-refractivity contribution < 1.29 is 9.59 Å². The third-order valence-electron chi connectivity index (χ3n) is 6.75. The van der Waals surface area contributed by atoms with E-state index in [9.17, 15) is 9.59 Å². The van der Waals surface area contributed by atoms with Crippen LogP contribution in [0.2, 0.25) is 0 Å². The number of carbonyl (C=O) groups is 2. The molecular formula is C27H21NO2. The second-order valence-corrected chi connectivity index (χ2v) is 8.87. The van der Waals surface area contributed by atoms with Crippen molar-refractivity contribution in [3.63, 3.8) is 0 Å². The highest BCUT2D eigenvalue weighted by molar-refractivity contribution is 6.39. The van der Waals surface area contributed by atoms with Gasteiger partial charge in [-0.1, -0.05) is 24.3 Å². The molecule has 3 heteroatoms. The smallest absolute Gasteiger partial charge is 0.261 e. The van der Waals surface area contributed by atoms with Crippen LogP contribution >= 0.6 is 0 Å². The van der Waals surface area contributed by atoms with Gasteiger partial charge in [-0.05, 0) is 99.8 Å².